The molecule has 2 aromatic rings. The third-order valence-electron chi connectivity index (χ3n) is 4.97. The molecule has 0 unspecified atom stereocenters. The van der Waals surface area contributed by atoms with E-state index in [9.17, 15) is 14.4 Å². The van der Waals surface area contributed by atoms with Gasteiger partial charge in [0, 0.05) is 11.1 Å². The fraction of sp³-hybridized carbons (Fsp3) is 0.429. The Morgan fingerprint density at radius 2 is 1.73 bits per heavy atom. The molecule has 1 aromatic carbocycles. The van der Waals surface area contributed by atoms with Crippen LogP contribution in [0.4, 0.5) is 0 Å². The van der Waals surface area contributed by atoms with E-state index in [0.29, 0.717) is 16.1 Å². The first kappa shape index (κ1) is 22.3. The van der Waals surface area contributed by atoms with Gasteiger partial charge >= 0.3 is 11.9 Å². The second-order valence-corrected chi connectivity index (χ2v) is 7.70. The third-order valence-corrected chi connectivity index (χ3v) is 5.71. The van der Waals surface area contributed by atoms with E-state index in [2.05, 4.69) is 5.10 Å². The van der Waals surface area contributed by atoms with E-state index in [-0.39, 0.29) is 47.9 Å². The first-order chi connectivity index (χ1) is 14.4. The van der Waals surface area contributed by atoms with E-state index in [1.165, 1.54) is 16.8 Å². The SMILES string of the molecule is CCOC(=O)c1nn(CC(=O)c2ccc(Cl)c(Cl)c2)c(C(=O)OCC)c1C1CCC1. The Morgan fingerprint density at radius 3 is 2.30 bits per heavy atom. The molecule has 0 spiro atoms. The average molecular weight is 453 g/mol. The van der Waals surface area contributed by atoms with Gasteiger partial charge in [-0.15, -0.1) is 0 Å². The monoisotopic (exact) mass is 452 g/mol. The van der Waals surface area contributed by atoms with Crippen molar-refractivity contribution in [1.82, 2.24) is 9.78 Å². The van der Waals surface area contributed by atoms with Crippen LogP contribution in [0.3, 0.4) is 0 Å². The topological polar surface area (TPSA) is 87.5 Å². The van der Waals surface area contributed by atoms with Crippen LogP contribution in [0.25, 0.3) is 0 Å². The zero-order valence-electron chi connectivity index (χ0n) is 16.7. The Labute approximate surface area is 184 Å². The van der Waals surface area contributed by atoms with Crippen molar-refractivity contribution in [1.29, 1.82) is 0 Å². The molecule has 0 atom stereocenters. The van der Waals surface area contributed by atoms with E-state index in [1.807, 2.05) is 0 Å². The number of benzene rings is 1. The lowest BCUT2D eigenvalue weighted by Crippen LogP contribution is -2.21. The number of ether oxygens (including phenoxy) is 2. The minimum absolute atomic E-state index is 0.00218. The molecule has 1 heterocycles. The molecule has 3 rings (SSSR count). The summed E-state index contributed by atoms with van der Waals surface area (Å²) in [5, 5.41) is 4.88. The minimum atomic E-state index is -0.621. The summed E-state index contributed by atoms with van der Waals surface area (Å²) in [6, 6.07) is 4.53. The zero-order chi connectivity index (χ0) is 21.8. The molecule has 1 fully saturated rings. The van der Waals surface area contributed by atoms with Gasteiger partial charge in [-0.05, 0) is 50.8 Å². The van der Waals surface area contributed by atoms with Gasteiger partial charge in [-0.3, -0.25) is 4.79 Å². The number of rotatable bonds is 8. The number of esters is 2. The van der Waals surface area contributed by atoms with Crippen LogP contribution >= 0.6 is 23.2 Å². The van der Waals surface area contributed by atoms with E-state index < -0.39 is 11.9 Å². The lowest BCUT2D eigenvalue weighted by Gasteiger charge is -2.26. The number of halogens is 2. The normalized spacial score (nSPS) is 13.6. The van der Waals surface area contributed by atoms with Gasteiger partial charge in [0.2, 0.25) is 0 Å². The van der Waals surface area contributed by atoms with Crippen molar-refractivity contribution in [3.8, 4) is 0 Å². The average Bonchev–Trinajstić information content (AvgIpc) is 3.01. The second-order valence-electron chi connectivity index (χ2n) is 6.89. The zero-order valence-corrected chi connectivity index (χ0v) is 18.3. The predicted octanol–water partition coefficient (Wildman–Crippen LogP) is 4.69. The van der Waals surface area contributed by atoms with Crippen molar-refractivity contribution in [2.75, 3.05) is 13.2 Å². The molecule has 1 saturated carbocycles. The van der Waals surface area contributed by atoms with Crippen molar-refractivity contribution in [3.63, 3.8) is 0 Å². The number of ketones is 1. The Hall–Kier alpha value is -2.38. The molecular weight excluding hydrogens is 431 g/mol. The summed E-state index contributed by atoms with van der Waals surface area (Å²) >= 11 is 11.9. The van der Waals surface area contributed by atoms with Gasteiger partial charge in [-0.1, -0.05) is 29.6 Å². The maximum Gasteiger partial charge on any atom is 0.359 e. The molecule has 1 aromatic heterocycles. The van der Waals surface area contributed by atoms with Crippen LogP contribution < -0.4 is 0 Å². The molecule has 160 valence electrons. The number of nitrogens with zero attached hydrogens (tertiary/aromatic N) is 2. The number of Topliss-reactive ketones (excluding diaryl/α,β-unsaturated/α-hetero) is 1. The maximum atomic E-state index is 12.8. The molecule has 30 heavy (non-hydrogen) atoms. The summed E-state index contributed by atoms with van der Waals surface area (Å²) in [5.74, 6) is -1.58. The summed E-state index contributed by atoms with van der Waals surface area (Å²) in [7, 11) is 0. The van der Waals surface area contributed by atoms with Crippen LogP contribution in [0.15, 0.2) is 18.2 Å². The number of hydrogen-bond acceptors (Lipinski definition) is 6. The van der Waals surface area contributed by atoms with Gasteiger partial charge in [0.25, 0.3) is 0 Å². The number of carbonyl (C=O) groups is 3. The fourth-order valence-corrected chi connectivity index (χ4v) is 3.63. The lowest BCUT2D eigenvalue weighted by atomic mass is 9.78. The van der Waals surface area contributed by atoms with Crippen molar-refractivity contribution in [2.24, 2.45) is 0 Å². The maximum absolute atomic E-state index is 12.8. The van der Waals surface area contributed by atoms with Crippen molar-refractivity contribution in [2.45, 2.75) is 45.6 Å². The van der Waals surface area contributed by atoms with E-state index in [0.717, 1.165) is 19.3 Å². The van der Waals surface area contributed by atoms with Crippen LogP contribution in [0.1, 0.15) is 75.9 Å². The van der Waals surface area contributed by atoms with Gasteiger partial charge in [-0.2, -0.15) is 5.10 Å². The first-order valence-corrected chi connectivity index (χ1v) is 10.6. The minimum Gasteiger partial charge on any atom is -0.461 e. The number of aromatic nitrogens is 2. The van der Waals surface area contributed by atoms with Crippen LogP contribution in [0.2, 0.25) is 10.0 Å². The predicted molar refractivity (Wildman–Crippen MR) is 112 cm³/mol. The van der Waals surface area contributed by atoms with Gasteiger partial charge in [0.1, 0.15) is 6.54 Å². The molecule has 9 heteroatoms. The molecule has 1 aliphatic rings. The van der Waals surface area contributed by atoms with Gasteiger partial charge in [0.15, 0.2) is 17.2 Å². The van der Waals surface area contributed by atoms with E-state index in [4.69, 9.17) is 32.7 Å². The van der Waals surface area contributed by atoms with Crippen molar-refractivity contribution >= 4 is 40.9 Å². The van der Waals surface area contributed by atoms with E-state index in [1.54, 1.807) is 19.9 Å². The second kappa shape index (κ2) is 9.62. The van der Waals surface area contributed by atoms with Crippen molar-refractivity contribution < 1.29 is 23.9 Å². The molecule has 0 N–H and O–H groups in total. The van der Waals surface area contributed by atoms with Crippen LogP contribution in [0, 0.1) is 0 Å². The summed E-state index contributed by atoms with van der Waals surface area (Å²) in [6.07, 6.45) is 2.64. The van der Waals surface area contributed by atoms with Crippen LogP contribution in [0.5, 0.6) is 0 Å². The lowest BCUT2D eigenvalue weighted by molar-refractivity contribution is 0.0505. The highest BCUT2D eigenvalue weighted by molar-refractivity contribution is 6.42. The summed E-state index contributed by atoms with van der Waals surface area (Å²) in [5.41, 5.74) is 1.00. The Kier molecular flexibility index (Phi) is 7.15. The smallest absolute Gasteiger partial charge is 0.359 e. The standard InChI is InChI=1S/C21H22Cl2N2O5/c1-3-29-20(27)18-17(12-6-5-7-12)19(21(28)30-4-2)25(24-18)11-16(26)13-8-9-14(22)15(23)10-13/h8-10,12H,3-7,11H2,1-2H3. The highest BCUT2D eigenvalue weighted by Gasteiger charge is 2.36. The largest absolute Gasteiger partial charge is 0.461 e. The number of hydrogen-bond donors (Lipinski definition) is 0. The molecule has 7 nitrogen and oxygen atoms in total. The van der Waals surface area contributed by atoms with Crippen LogP contribution in [-0.2, 0) is 16.0 Å². The molecule has 0 bridgehead atoms. The van der Waals surface area contributed by atoms with Crippen molar-refractivity contribution in [3.05, 3.63) is 50.8 Å². The Morgan fingerprint density at radius 1 is 1.07 bits per heavy atom. The molecule has 0 radical (unpaired) electrons. The molecule has 0 saturated heterocycles. The van der Waals surface area contributed by atoms with E-state index >= 15 is 0 Å². The van der Waals surface area contributed by atoms with Gasteiger partial charge < -0.3 is 9.47 Å². The fourth-order valence-electron chi connectivity index (χ4n) is 3.34. The van der Waals surface area contributed by atoms with Gasteiger partial charge in [0.05, 0.1) is 23.3 Å². The Bertz CT molecular complexity index is 982. The summed E-state index contributed by atoms with van der Waals surface area (Å²) in [6.45, 7) is 3.45. The van der Waals surface area contributed by atoms with Gasteiger partial charge in [-0.25, -0.2) is 14.3 Å². The molecule has 1 aliphatic carbocycles. The first-order valence-electron chi connectivity index (χ1n) is 9.80. The Balaban J connectivity index is 2.05. The molecule has 0 amide bonds. The third kappa shape index (κ3) is 4.52. The molecule has 0 aliphatic heterocycles. The summed E-state index contributed by atoms with van der Waals surface area (Å²) < 4.78 is 11.6. The summed E-state index contributed by atoms with van der Waals surface area (Å²) in [4.78, 5) is 38.1. The highest BCUT2D eigenvalue weighted by Crippen LogP contribution is 2.40. The number of carbonyl (C=O) groups excluding carboxylic acids is 3. The highest BCUT2D eigenvalue weighted by atomic mass is 35.5. The quantitative estimate of drug-likeness (QED) is 0.426. The molecular formula is C21H22Cl2N2O5. The van der Waals surface area contributed by atoms with Crippen LogP contribution in [-0.4, -0.2) is 40.7 Å².